The van der Waals surface area contributed by atoms with E-state index in [-0.39, 0.29) is 17.7 Å². The van der Waals surface area contributed by atoms with Crippen molar-refractivity contribution in [3.63, 3.8) is 0 Å². The van der Waals surface area contributed by atoms with Crippen LogP contribution in [0.2, 0.25) is 0 Å². The van der Waals surface area contributed by atoms with Gasteiger partial charge < -0.3 is 9.74 Å². The molecule has 18 heavy (non-hydrogen) atoms. The van der Waals surface area contributed by atoms with Crippen molar-refractivity contribution in [1.82, 2.24) is 9.80 Å². The molecule has 2 atom stereocenters. The number of nitrogens with zero attached hydrogens (tertiary/aromatic N) is 3. The molecule has 0 aromatic rings. The standard InChI is InChI=1S/C13H21N3O2/c1-13(11-6-7-14-18-11,15-8-2-3-9-15)16-10-4-5-12(16)17/h7,11H,2-6,8-10H2,1H3. The fraction of sp³-hybridized carbons (Fsp3) is 0.846. The highest BCUT2D eigenvalue weighted by atomic mass is 16.6. The smallest absolute Gasteiger partial charge is 0.224 e. The first kappa shape index (κ1) is 12.0. The zero-order valence-corrected chi connectivity index (χ0v) is 11.0. The molecule has 2 saturated heterocycles. The first-order chi connectivity index (χ1) is 8.73. The summed E-state index contributed by atoms with van der Waals surface area (Å²) in [6.45, 7) is 5.12. The lowest BCUT2D eigenvalue weighted by Crippen LogP contribution is -2.64. The Kier molecular flexibility index (Phi) is 3.01. The summed E-state index contributed by atoms with van der Waals surface area (Å²) in [6.07, 6.45) is 6.68. The Labute approximate surface area is 108 Å². The molecule has 0 radical (unpaired) electrons. The van der Waals surface area contributed by atoms with E-state index in [2.05, 4.69) is 17.0 Å². The van der Waals surface area contributed by atoms with Crippen LogP contribution in [0.15, 0.2) is 5.16 Å². The quantitative estimate of drug-likeness (QED) is 0.757. The maximum atomic E-state index is 12.1. The number of likely N-dealkylation sites (tertiary alicyclic amines) is 2. The van der Waals surface area contributed by atoms with Crippen molar-refractivity contribution in [2.24, 2.45) is 5.16 Å². The highest BCUT2D eigenvalue weighted by molar-refractivity contribution is 5.79. The van der Waals surface area contributed by atoms with Crippen molar-refractivity contribution in [2.75, 3.05) is 19.6 Å². The summed E-state index contributed by atoms with van der Waals surface area (Å²) in [5.41, 5.74) is -0.319. The molecule has 0 bridgehead atoms. The number of oxime groups is 1. The summed E-state index contributed by atoms with van der Waals surface area (Å²) in [6, 6.07) is 0. The Morgan fingerprint density at radius 2 is 2.11 bits per heavy atom. The minimum atomic E-state index is -0.319. The Hall–Kier alpha value is -1.10. The lowest BCUT2D eigenvalue weighted by atomic mass is 9.98. The molecule has 0 spiro atoms. The first-order valence-electron chi connectivity index (χ1n) is 6.96. The Morgan fingerprint density at radius 3 is 2.67 bits per heavy atom. The van der Waals surface area contributed by atoms with Crippen LogP contribution in [-0.4, -0.2) is 53.3 Å². The van der Waals surface area contributed by atoms with Crippen LogP contribution >= 0.6 is 0 Å². The largest absolute Gasteiger partial charge is 0.388 e. The van der Waals surface area contributed by atoms with Crippen molar-refractivity contribution in [3.8, 4) is 0 Å². The van der Waals surface area contributed by atoms with Gasteiger partial charge in [0, 0.05) is 38.7 Å². The molecule has 2 fully saturated rings. The van der Waals surface area contributed by atoms with Crippen LogP contribution in [0.5, 0.6) is 0 Å². The van der Waals surface area contributed by atoms with Gasteiger partial charge in [-0.15, -0.1) is 0 Å². The third-order valence-corrected chi connectivity index (χ3v) is 4.56. The monoisotopic (exact) mass is 251 g/mol. The fourth-order valence-electron chi connectivity index (χ4n) is 3.47. The second kappa shape index (κ2) is 4.53. The molecule has 0 N–H and O–H groups in total. The van der Waals surface area contributed by atoms with Gasteiger partial charge in [0.05, 0.1) is 0 Å². The maximum Gasteiger partial charge on any atom is 0.224 e. The van der Waals surface area contributed by atoms with Gasteiger partial charge in [-0.1, -0.05) is 5.16 Å². The molecular formula is C13H21N3O2. The van der Waals surface area contributed by atoms with Crippen LogP contribution < -0.4 is 0 Å². The lowest BCUT2D eigenvalue weighted by Gasteiger charge is -2.47. The number of amides is 1. The van der Waals surface area contributed by atoms with E-state index in [0.717, 1.165) is 32.5 Å². The molecule has 3 heterocycles. The average molecular weight is 251 g/mol. The molecule has 1 amide bonds. The van der Waals surface area contributed by atoms with Crippen LogP contribution in [0, 0.1) is 0 Å². The molecule has 0 saturated carbocycles. The molecule has 3 aliphatic rings. The summed E-state index contributed by atoms with van der Waals surface area (Å²) in [5.74, 6) is 0.264. The predicted molar refractivity (Wildman–Crippen MR) is 68.1 cm³/mol. The molecule has 3 aliphatic heterocycles. The van der Waals surface area contributed by atoms with Crippen LogP contribution in [0.4, 0.5) is 0 Å². The van der Waals surface area contributed by atoms with Gasteiger partial charge in [-0.05, 0) is 26.2 Å². The molecule has 0 aromatic carbocycles. The number of carbonyl (C=O) groups is 1. The van der Waals surface area contributed by atoms with E-state index >= 15 is 0 Å². The SMILES string of the molecule is CC(C1CC=NO1)(N1CCCC1)N1CCCC1=O. The molecule has 0 aromatic heterocycles. The van der Waals surface area contributed by atoms with Gasteiger partial charge >= 0.3 is 0 Å². The van der Waals surface area contributed by atoms with E-state index in [0.29, 0.717) is 6.42 Å². The van der Waals surface area contributed by atoms with E-state index in [1.54, 1.807) is 0 Å². The highest BCUT2D eigenvalue weighted by Gasteiger charge is 2.50. The van der Waals surface area contributed by atoms with Gasteiger partial charge in [-0.2, -0.15) is 0 Å². The molecule has 2 unspecified atom stereocenters. The number of hydrogen-bond acceptors (Lipinski definition) is 4. The minimum Gasteiger partial charge on any atom is -0.388 e. The van der Waals surface area contributed by atoms with Crippen molar-refractivity contribution in [2.45, 2.75) is 50.8 Å². The summed E-state index contributed by atoms with van der Waals surface area (Å²) in [5, 5.41) is 3.91. The van der Waals surface area contributed by atoms with Gasteiger partial charge in [0.15, 0.2) is 6.10 Å². The average Bonchev–Trinajstić information content (AvgIpc) is 3.11. The fourth-order valence-corrected chi connectivity index (χ4v) is 3.47. The second-order valence-corrected chi connectivity index (χ2v) is 5.55. The van der Waals surface area contributed by atoms with Gasteiger partial charge in [0.1, 0.15) is 5.66 Å². The molecule has 5 nitrogen and oxygen atoms in total. The van der Waals surface area contributed by atoms with E-state index in [9.17, 15) is 4.79 Å². The zero-order chi connectivity index (χ0) is 12.6. The highest BCUT2D eigenvalue weighted by Crippen LogP contribution is 2.35. The zero-order valence-electron chi connectivity index (χ0n) is 11.0. The minimum absolute atomic E-state index is 0.0161. The third kappa shape index (κ3) is 1.72. The van der Waals surface area contributed by atoms with Gasteiger partial charge in [-0.25, -0.2) is 0 Å². The normalized spacial score (nSPS) is 31.9. The van der Waals surface area contributed by atoms with Crippen molar-refractivity contribution in [1.29, 1.82) is 0 Å². The molecular weight excluding hydrogens is 230 g/mol. The van der Waals surface area contributed by atoms with Crippen LogP contribution in [-0.2, 0) is 9.63 Å². The summed E-state index contributed by atoms with van der Waals surface area (Å²) in [7, 11) is 0. The Balaban J connectivity index is 1.88. The van der Waals surface area contributed by atoms with Crippen molar-refractivity contribution in [3.05, 3.63) is 0 Å². The number of rotatable bonds is 3. The number of hydrogen-bond donors (Lipinski definition) is 0. The van der Waals surface area contributed by atoms with Gasteiger partial charge in [-0.3, -0.25) is 9.69 Å². The number of carbonyl (C=O) groups excluding carboxylic acids is 1. The van der Waals surface area contributed by atoms with Gasteiger partial charge in [0.25, 0.3) is 0 Å². The Bertz CT molecular complexity index is 353. The molecule has 5 heteroatoms. The summed E-state index contributed by atoms with van der Waals surface area (Å²) >= 11 is 0. The topological polar surface area (TPSA) is 45.1 Å². The van der Waals surface area contributed by atoms with Gasteiger partial charge in [0.2, 0.25) is 5.91 Å². The molecule has 3 rings (SSSR count). The lowest BCUT2D eigenvalue weighted by molar-refractivity contribution is -0.158. The molecule has 0 aliphatic carbocycles. The predicted octanol–water partition coefficient (Wildman–Crippen LogP) is 1.20. The van der Waals surface area contributed by atoms with Crippen LogP contribution in [0.1, 0.15) is 39.0 Å². The second-order valence-electron chi connectivity index (χ2n) is 5.55. The first-order valence-corrected chi connectivity index (χ1v) is 6.96. The van der Waals surface area contributed by atoms with E-state index in [1.807, 2.05) is 11.1 Å². The van der Waals surface area contributed by atoms with Crippen LogP contribution in [0.25, 0.3) is 0 Å². The van der Waals surface area contributed by atoms with Crippen LogP contribution in [0.3, 0.4) is 0 Å². The van der Waals surface area contributed by atoms with E-state index in [1.165, 1.54) is 12.8 Å². The third-order valence-electron chi connectivity index (χ3n) is 4.56. The maximum absolute atomic E-state index is 12.1. The summed E-state index contributed by atoms with van der Waals surface area (Å²) < 4.78 is 0. The Morgan fingerprint density at radius 1 is 1.33 bits per heavy atom. The molecule has 100 valence electrons. The van der Waals surface area contributed by atoms with E-state index < -0.39 is 0 Å². The summed E-state index contributed by atoms with van der Waals surface area (Å²) in [4.78, 5) is 22.1. The van der Waals surface area contributed by atoms with E-state index in [4.69, 9.17) is 4.84 Å². The van der Waals surface area contributed by atoms with Crippen molar-refractivity contribution >= 4 is 12.1 Å². The van der Waals surface area contributed by atoms with Crippen molar-refractivity contribution < 1.29 is 9.63 Å².